The van der Waals surface area contributed by atoms with Gasteiger partial charge in [0.05, 0.1) is 19.6 Å². The smallest absolute Gasteiger partial charge is 0.325 e. The van der Waals surface area contributed by atoms with Gasteiger partial charge in [0.2, 0.25) is 6.10 Å². The van der Waals surface area contributed by atoms with Gasteiger partial charge in [0, 0.05) is 5.56 Å². The molecule has 1 aromatic carbocycles. The zero-order valence-electron chi connectivity index (χ0n) is 12.0. The van der Waals surface area contributed by atoms with Gasteiger partial charge in [-0.15, -0.1) is 0 Å². The highest BCUT2D eigenvalue weighted by atomic mass is 16.5. The fourth-order valence-electron chi connectivity index (χ4n) is 2.46. The molecule has 1 aromatic heterocycles. The van der Waals surface area contributed by atoms with E-state index in [1.165, 1.54) is 18.3 Å². The normalized spacial score (nSPS) is 20.4. The van der Waals surface area contributed by atoms with E-state index in [9.17, 15) is 9.59 Å². The Morgan fingerprint density at radius 2 is 2.05 bits per heavy atom. The Balaban J connectivity index is 1.80. The molecule has 3 rings (SSSR count). The van der Waals surface area contributed by atoms with Crippen molar-refractivity contribution in [2.24, 2.45) is 0 Å². The highest BCUT2D eigenvalue weighted by Crippen LogP contribution is 2.37. The Morgan fingerprint density at radius 1 is 1.27 bits per heavy atom. The maximum absolute atomic E-state index is 12.3. The third kappa shape index (κ3) is 2.55. The van der Waals surface area contributed by atoms with E-state index in [0.717, 1.165) is 5.56 Å². The number of hydrogen-bond donors (Lipinski definition) is 0. The van der Waals surface area contributed by atoms with Crippen LogP contribution in [0.3, 0.4) is 0 Å². The summed E-state index contributed by atoms with van der Waals surface area (Å²) in [6.07, 6.45) is 2.39. The summed E-state index contributed by atoms with van der Waals surface area (Å²) in [6, 6.07) is 10.5. The topological polar surface area (TPSA) is 69.0 Å². The number of para-hydroxylation sites is 1. The van der Waals surface area contributed by atoms with Gasteiger partial charge in [0.15, 0.2) is 0 Å². The summed E-state index contributed by atoms with van der Waals surface area (Å²) in [4.78, 5) is 25.2. The average Bonchev–Trinajstić information content (AvgIpc) is 3.07. The average molecular weight is 301 g/mol. The van der Waals surface area contributed by atoms with Crippen LogP contribution >= 0.6 is 0 Å². The van der Waals surface area contributed by atoms with Gasteiger partial charge in [0.25, 0.3) is 5.91 Å². The highest BCUT2D eigenvalue weighted by molar-refractivity contribution is 5.92. The number of benzene rings is 1. The minimum atomic E-state index is -0.676. The van der Waals surface area contributed by atoms with Crippen LogP contribution in [-0.4, -0.2) is 36.5 Å². The summed E-state index contributed by atoms with van der Waals surface area (Å²) >= 11 is 0. The Bertz CT molecular complexity index is 652. The van der Waals surface area contributed by atoms with Crippen molar-refractivity contribution in [1.29, 1.82) is 0 Å². The summed E-state index contributed by atoms with van der Waals surface area (Å²) < 4.78 is 15.5. The number of β-lactam (4-membered cyclic amide) rings is 1. The molecule has 0 N–H and O–H groups in total. The summed E-state index contributed by atoms with van der Waals surface area (Å²) in [5.74, 6) is -0.118. The number of nitrogens with zero attached hydrogens (tertiary/aromatic N) is 1. The van der Waals surface area contributed by atoms with Crippen LogP contribution in [-0.2, 0) is 14.3 Å². The molecule has 2 aromatic rings. The lowest BCUT2D eigenvalue weighted by atomic mass is 9.92. The molecule has 6 heteroatoms. The van der Waals surface area contributed by atoms with E-state index in [-0.39, 0.29) is 18.5 Å². The molecule has 1 amide bonds. The minimum Gasteiger partial charge on any atom is -0.478 e. The Morgan fingerprint density at radius 3 is 2.68 bits per heavy atom. The largest absolute Gasteiger partial charge is 0.478 e. The maximum Gasteiger partial charge on any atom is 0.325 e. The molecule has 2 heterocycles. The quantitative estimate of drug-likeness (QED) is 0.622. The first-order valence-corrected chi connectivity index (χ1v) is 6.82. The standard InChI is InChI=1S/C16H15NO5/c1-20-13(18)9-17-14(11-7-8-21-10-11)15(16(17)19)22-12-5-3-2-4-6-12/h2-8,10,14-15H,9H2,1H3/t14-,15+/m0/s1. The summed E-state index contributed by atoms with van der Waals surface area (Å²) in [7, 11) is 1.29. The zero-order chi connectivity index (χ0) is 15.5. The van der Waals surface area contributed by atoms with Gasteiger partial charge in [-0.25, -0.2) is 0 Å². The third-order valence-corrected chi connectivity index (χ3v) is 3.57. The van der Waals surface area contributed by atoms with Crippen molar-refractivity contribution in [1.82, 2.24) is 4.90 Å². The molecule has 0 unspecified atom stereocenters. The lowest BCUT2D eigenvalue weighted by Gasteiger charge is -2.45. The molecule has 0 aliphatic carbocycles. The van der Waals surface area contributed by atoms with Crippen LogP contribution in [0.15, 0.2) is 53.3 Å². The van der Waals surface area contributed by atoms with Crippen molar-refractivity contribution in [2.75, 3.05) is 13.7 Å². The molecule has 2 atom stereocenters. The maximum atomic E-state index is 12.3. The molecule has 22 heavy (non-hydrogen) atoms. The van der Waals surface area contributed by atoms with E-state index in [2.05, 4.69) is 4.74 Å². The second-order valence-corrected chi connectivity index (χ2v) is 4.90. The number of ether oxygens (including phenoxy) is 2. The van der Waals surface area contributed by atoms with Crippen LogP contribution in [0.1, 0.15) is 11.6 Å². The van der Waals surface area contributed by atoms with Crippen molar-refractivity contribution in [2.45, 2.75) is 12.1 Å². The van der Waals surface area contributed by atoms with Gasteiger partial charge in [-0.05, 0) is 18.2 Å². The van der Waals surface area contributed by atoms with Crippen LogP contribution in [0.4, 0.5) is 0 Å². The van der Waals surface area contributed by atoms with Crippen molar-refractivity contribution < 1.29 is 23.5 Å². The van der Waals surface area contributed by atoms with E-state index < -0.39 is 12.1 Å². The van der Waals surface area contributed by atoms with Gasteiger partial charge in [-0.2, -0.15) is 0 Å². The number of carbonyl (C=O) groups excluding carboxylic acids is 2. The number of methoxy groups -OCH3 is 1. The lowest BCUT2D eigenvalue weighted by molar-refractivity contribution is -0.170. The summed E-state index contributed by atoms with van der Waals surface area (Å²) in [5, 5.41) is 0. The SMILES string of the molecule is COC(=O)CN1C(=O)[C@H](Oc2ccccc2)[C@@H]1c1ccoc1. The van der Waals surface area contributed by atoms with Crippen molar-refractivity contribution in [3.05, 3.63) is 54.5 Å². The number of furan rings is 1. The van der Waals surface area contributed by atoms with E-state index in [0.29, 0.717) is 5.75 Å². The van der Waals surface area contributed by atoms with Crippen molar-refractivity contribution >= 4 is 11.9 Å². The van der Waals surface area contributed by atoms with E-state index >= 15 is 0 Å². The molecular weight excluding hydrogens is 286 g/mol. The number of likely N-dealkylation sites (tertiary alicyclic amines) is 1. The van der Waals surface area contributed by atoms with Crippen molar-refractivity contribution in [3.63, 3.8) is 0 Å². The van der Waals surface area contributed by atoms with Crippen molar-refractivity contribution in [3.8, 4) is 5.75 Å². The third-order valence-electron chi connectivity index (χ3n) is 3.57. The fourth-order valence-corrected chi connectivity index (χ4v) is 2.46. The van der Waals surface area contributed by atoms with Gasteiger partial charge in [-0.3, -0.25) is 9.59 Å². The fraction of sp³-hybridized carbons (Fsp3) is 0.250. The van der Waals surface area contributed by atoms with Crippen LogP contribution in [0.25, 0.3) is 0 Å². The van der Waals surface area contributed by atoms with Crippen LogP contribution < -0.4 is 4.74 Å². The molecule has 0 spiro atoms. The number of esters is 1. The molecular formula is C16H15NO5. The van der Waals surface area contributed by atoms with E-state index in [1.807, 2.05) is 18.2 Å². The second kappa shape index (κ2) is 5.93. The first-order valence-electron chi connectivity index (χ1n) is 6.82. The summed E-state index contributed by atoms with van der Waals surface area (Å²) in [5.41, 5.74) is 0.782. The number of carbonyl (C=O) groups is 2. The van der Waals surface area contributed by atoms with Gasteiger partial charge < -0.3 is 18.8 Å². The lowest BCUT2D eigenvalue weighted by Crippen LogP contribution is -2.62. The van der Waals surface area contributed by atoms with Gasteiger partial charge in [0.1, 0.15) is 18.3 Å². The van der Waals surface area contributed by atoms with Crippen LogP contribution in [0.5, 0.6) is 5.75 Å². The minimum absolute atomic E-state index is 0.111. The van der Waals surface area contributed by atoms with E-state index in [4.69, 9.17) is 9.15 Å². The van der Waals surface area contributed by atoms with Crippen LogP contribution in [0, 0.1) is 0 Å². The molecule has 6 nitrogen and oxygen atoms in total. The first-order chi connectivity index (χ1) is 10.7. The summed E-state index contributed by atoms with van der Waals surface area (Å²) in [6.45, 7) is -0.111. The Kier molecular flexibility index (Phi) is 3.82. The number of rotatable bonds is 5. The van der Waals surface area contributed by atoms with Crippen LogP contribution in [0.2, 0.25) is 0 Å². The first kappa shape index (κ1) is 14.2. The molecule has 0 saturated carbocycles. The molecule has 1 fully saturated rings. The predicted octanol–water partition coefficient (Wildman–Crippen LogP) is 1.78. The highest BCUT2D eigenvalue weighted by Gasteiger charge is 2.51. The number of hydrogen-bond acceptors (Lipinski definition) is 5. The zero-order valence-corrected chi connectivity index (χ0v) is 12.0. The van der Waals surface area contributed by atoms with Gasteiger partial charge >= 0.3 is 5.97 Å². The molecule has 1 aliphatic rings. The predicted molar refractivity (Wildman–Crippen MR) is 76.0 cm³/mol. The van der Waals surface area contributed by atoms with E-state index in [1.54, 1.807) is 24.5 Å². The second-order valence-electron chi connectivity index (χ2n) is 4.90. The molecule has 1 aliphatic heterocycles. The van der Waals surface area contributed by atoms with Gasteiger partial charge in [-0.1, -0.05) is 18.2 Å². The number of amides is 1. The molecule has 0 radical (unpaired) electrons. The Hall–Kier alpha value is -2.76. The molecule has 114 valence electrons. The molecule has 1 saturated heterocycles. The molecule has 0 bridgehead atoms. The Labute approximate surface area is 127 Å². The monoisotopic (exact) mass is 301 g/mol.